The first-order valence-corrected chi connectivity index (χ1v) is 5.96. The van der Waals surface area contributed by atoms with E-state index < -0.39 is 11.8 Å². The van der Waals surface area contributed by atoms with Crippen LogP contribution >= 0.6 is 38.5 Å². The predicted octanol–water partition coefficient (Wildman–Crippen LogP) is 2.34. The van der Waals surface area contributed by atoms with Crippen molar-refractivity contribution in [1.82, 2.24) is 0 Å². The molecule has 3 nitrogen and oxygen atoms in total. The second kappa shape index (κ2) is 5.60. The van der Waals surface area contributed by atoms with Gasteiger partial charge in [0.2, 0.25) is 5.78 Å². The Hall–Kier alpha value is -0.430. The first kappa shape index (κ1) is 12.6. The smallest absolute Gasteiger partial charge is 0.374 e. The molecule has 0 saturated carbocycles. The van der Waals surface area contributed by atoms with Crippen LogP contribution in [-0.4, -0.2) is 18.9 Å². The molecule has 80 valence electrons. The van der Waals surface area contributed by atoms with Crippen LogP contribution in [0.2, 0.25) is 0 Å². The van der Waals surface area contributed by atoms with Crippen molar-refractivity contribution in [1.29, 1.82) is 0 Å². The highest BCUT2D eigenvalue weighted by atomic mass is 127. The Morgan fingerprint density at radius 1 is 1.40 bits per heavy atom. The van der Waals surface area contributed by atoms with Crippen molar-refractivity contribution >= 4 is 50.3 Å². The molecule has 0 aliphatic heterocycles. The van der Waals surface area contributed by atoms with Crippen LogP contribution in [0.1, 0.15) is 5.56 Å². The number of Topliss-reactive ketones (excluding diaryl/α,β-unsaturated/α-hetero) is 1. The Morgan fingerprint density at radius 2 is 2.07 bits per heavy atom. The number of esters is 1. The SMILES string of the molecule is COC(=O)C(=O)Cc1cc(Br)cc(I)c1. The van der Waals surface area contributed by atoms with Crippen LogP contribution in [0, 0.1) is 3.57 Å². The lowest BCUT2D eigenvalue weighted by molar-refractivity contribution is -0.151. The minimum absolute atomic E-state index is 0.0715. The van der Waals surface area contributed by atoms with Crippen LogP contribution in [0.15, 0.2) is 22.7 Å². The van der Waals surface area contributed by atoms with Crippen LogP contribution in [0.5, 0.6) is 0 Å². The molecule has 5 heteroatoms. The Labute approximate surface area is 109 Å². The highest BCUT2D eigenvalue weighted by molar-refractivity contribution is 14.1. The van der Waals surface area contributed by atoms with Gasteiger partial charge in [-0.2, -0.15) is 0 Å². The molecule has 0 atom stereocenters. The molecule has 0 saturated heterocycles. The molecule has 0 aliphatic carbocycles. The fourth-order valence-corrected chi connectivity index (χ4v) is 2.79. The molecule has 0 fully saturated rings. The summed E-state index contributed by atoms with van der Waals surface area (Å²) in [6.45, 7) is 0. The summed E-state index contributed by atoms with van der Waals surface area (Å²) < 4.78 is 6.24. The zero-order valence-corrected chi connectivity index (χ0v) is 11.7. The third kappa shape index (κ3) is 3.90. The zero-order valence-electron chi connectivity index (χ0n) is 7.92. The number of benzene rings is 1. The Bertz CT molecular complexity index is 383. The number of carbonyl (C=O) groups excluding carboxylic acids is 2. The van der Waals surface area contributed by atoms with E-state index in [9.17, 15) is 9.59 Å². The molecule has 1 rings (SSSR count). The maximum Gasteiger partial charge on any atom is 0.374 e. The van der Waals surface area contributed by atoms with Crippen molar-refractivity contribution in [3.63, 3.8) is 0 Å². The van der Waals surface area contributed by atoms with Gasteiger partial charge in [0.1, 0.15) is 0 Å². The van der Waals surface area contributed by atoms with Crippen LogP contribution in [-0.2, 0) is 20.7 Å². The van der Waals surface area contributed by atoms with Gasteiger partial charge < -0.3 is 4.74 Å². The number of hydrogen-bond acceptors (Lipinski definition) is 3. The van der Waals surface area contributed by atoms with E-state index in [4.69, 9.17) is 0 Å². The summed E-state index contributed by atoms with van der Waals surface area (Å²) in [6, 6.07) is 5.59. The van der Waals surface area contributed by atoms with Gasteiger partial charge in [0.05, 0.1) is 7.11 Å². The maximum absolute atomic E-state index is 11.3. The standard InChI is InChI=1S/C10H8BrIO3/c1-15-10(14)9(13)4-6-2-7(11)5-8(12)3-6/h2-3,5H,4H2,1H3. The normalized spacial score (nSPS) is 9.80. The van der Waals surface area contributed by atoms with E-state index >= 15 is 0 Å². The van der Waals surface area contributed by atoms with E-state index in [1.807, 2.05) is 18.2 Å². The van der Waals surface area contributed by atoms with Crippen molar-refractivity contribution < 1.29 is 14.3 Å². The molecular formula is C10H8BrIO3. The van der Waals surface area contributed by atoms with Crippen molar-refractivity contribution in [3.8, 4) is 0 Å². The molecule has 1 aromatic carbocycles. The summed E-state index contributed by atoms with van der Waals surface area (Å²) in [6.07, 6.45) is 0.0715. The van der Waals surface area contributed by atoms with Gasteiger partial charge in [-0.05, 0) is 46.4 Å². The average Bonchev–Trinajstić information content (AvgIpc) is 2.14. The fraction of sp³-hybridized carbons (Fsp3) is 0.200. The van der Waals surface area contributed by atoms with E-state index in [0.717, 1.165) is 13.6 Å². The summed E-state index contributed by atoms with van der Waals surface area (Å²) in [5, 5.41) is 0. The van der Waals surface area contributed by atoms with E-state index in [2.05, 4.69) is 43.3 Å². The molecule has 0 aromatic heterocycles. The van der Waals surface area contributed by atoms with E-state index in [-0.39, 0.29) is 6.42 Å². The number of hydrogen-bond donors (Lipinski definition) is 0. The van der Waals surface area contributed by atoms with Gasteiger partial charge in [-0.15, -0.1) is 0 Å². The maximum atomic E-state index is 11.3. The molecule has 0 radical (unpaired) electrons. The second-order valence-electron chi connectivity index (χ2n) is 2.87. The highest BCUT2D eigenvalue weighted by Crippen LogP contribution is 2.17. The van der Waals surface area contributed by atoms with Crippen LogP contribution in [0.4, 0.5) is 0 Å². The molecule has 0 N–H and O–H groups in total. The third-order valence-electron chi connectivity index (χ3n) is 1.70. The van der Waals surface area contributed by atoms with E-state index in [1.54, 1.807) is 0 Å². The van der Waals surface area contributed by atoms with Gasteiger partial charge in [0.15, 0.2) is 0 Å². The van der Waals surface area contributed by atoms with Gasteiger partial charge in [-0.3, -0.25) is 4.79 Å². The number of rotatable bonds is 3. The van der Waals surface area contributed by atoms with Crippen molar-refractivity contribution in [2.75, 3.05) is 7.11 Å². The van der Waals surface area contributed by atoms with Crippen molar-refractivity contribution in [2.45, 2.75) is 6.42 Å². The summed E-state index contributed by atoms with van der Waals surface area (Å²) >= 11 is 5.47. The quantitative estimate of drug-likeness (QED) is 0.458. The van der Waals surface area contributed by atoms with Gasteiger partial charge in [0, 0.05) is 14.5 Å². The first-order chi connectivity index (χ1) is 7.02. The molecule has 0 amide bonds. The number of methoxy groups -OCH3 is 1. The van der Waals surface area contributed by atoms with Gasteiger partial charge in [-0.1, -0.05) is 15.9 Å². The largest absolute Gasteiger partial charge is 0.463 e. The third-order valence-corrected chi connectivity index (χ3v) is 2.78. The summed E-state index contributed by atoms with van der Waals surface area (Å²) in [4.78, 5) is 22.2. The molecule has 0 bridgehead atoms. The topological polar surface area (TPSA) is 43.4 Å². The van der Waals surface area contributed by atoms with Gasteiger partial charge >= 0.3 is 5.97 Å². The summed E-state index contributed by atoms with van der Waals surface area (Å²) in [7, 11) is 1.20. The molecule has 0 heterocycles. The predicted molar refractivity (Wildman–Crippen MR) is 67.6 cm³/mol. The lowest BCUT2D eigenvalue weighted by Gasteiger charge is -2.01. The minimum Gasteiger partial charge on any atom is -0.463 e. The Kier molecular flexibility index (Phi) is 4.72. The van der Waals surface area contributed by atoms with E-state index in [1.165, 1.54) is 7.11 Å². The molecule has 0 aliphatic rings. The van der Waals surface area contributed by atoms with Crippen molar-refractivity contribution in [3.05, 3.63) is 31.8 Å². The number of halogens is 2. The monoisotopic (exact) mass is 382 g/mol. The molecule has 1 aromatic rings. The number of ether oxygens (including phenoxy) is 1. The second-order valence-corrected chi connectivity index (χ2v) is 5.03. The first-order valence-electron chi connectivity index (χ1n) is 4.09. The van der Waals surface area contributed by atoms with Crippen LogP contribution < -0.4 is 0 Å². The van der Waals surface area contributed by atoms with Crippen molar-refractivity contribution in [2.24, 2.45) is 0 Å². The number of ketones is 1. The molecule has 0 unspecified atom stereocenters. The lowest BCUT2D eigenvalue weighted by atomic mass is 10.1. The van der Waals surface area contributed by atoms with Gasteiger partial charge in [0.25, 0.3) is 0 Å². The molecule has 15 heavy (non-hydrogen) atoms. The summed E-state index contributed by atoms with van der Waals surface area (Å²) in [5.41, 5.74) is 0.796. The summed E-state index contributed by atoms with van der Waals surface area (Å²) in [5.74, 6) is -1.34. The minimum atomic E-state index is -0.801. The molecular weight excluding hydrogens is 375 g/mol. The van der Waals surface area contributed by atoms with Crippen LogP contribution in [0.25, 0.3) is 0 Å². The van der Waals surface area contributed by atoms with E-state index in [0.29, 0.717) is 0 Å². The average molecular weight is 383 g/mol. The highest BCUT2D eigenvalue weighted by Gasteiger charge is 2.14. The zero-order chi connectivity index (χ0) is 11.4. The fourth-order valence-electron chi connectivity index (χ4n) is 1.08. The van der Waals surface area contributed by atoms with Crippen LogP contribution in [0.3, 0.4) is 0 Å². The number of carbonyl (C=O) groups is 2. The van der Waals surface area contributed by atoms with Gasteiger partial charge in [-0.25, -0.2) is 4.79 Å². The Morgan fingerprint density at radius 3 is 2.60 bits per heavy atom. The Balaban J connectivity index is 2.81. The lowest BCUT2D eigenvalue weighted by Crippen LogP contribution is -2.17. The molecule has 0 spiro atoms.